The summed E-state index contributed by atoms with van der Waals surface area (Å²) in [4.78, 5) is 10.8. The summed E-state index contributed by atoms with van der Waals surface area (Å²) in [6.45, 7) is 6.28. The third-order valence-electron chi connectivity index (χ3n) is 2.88. The molecular weight excluding hydrogens is 286 g/mol. The lowest BCUT2D eigenvalue weighted by Gasteiger charge is -2.11. The van der Waals surface area contributed by atoms with Gasteiger partial charge >= 0.3 is 5.97 Å². The van der Waals surface area contributed by atoms with Crippen LogP contribution in [-0.2, 0) is 11.2 Å². The minimum Gasteiger partial charge on any atom is -0.481 e. The molecule has 0 saturated heterocycles. The number of carboxylic acid groups (broad SMARTS) is 1. The molecule has 0 saturated carbocycles. The Labute approximate surface area is 128 Å². The standard InChI is InChI=1S/C15H19N3O2S/c1-10(2)7-13-16-17-15(21-9-14(19)20)18(13)12-6-4-5-11(3)8-12/h4-6,8,10H,7,9H2,1-3H3,(H,19,20). The van der Waals surface area contributed by atoms with Crippen LogP contribution in [0.3, 0.4) is 0 Å². The number of carboxylic acids is 1. The first kappa shape index (κ1) is 15.6. The smallest absolute Gasteiger partial charge is 0.313 e. The molecule has 0 aliphatic rings. The van der Waals surface area contributed by atoms with Crippen molar-refractivity contribution in [1.29, 1.82) is 0 Å². The average molecular weight is 305 g/mol. The number of aromatic nitrogens is 3. The monoisotopic (exact) mass is 305 g/mol. The van der Waals surface area contributed by atoms with E-state index in [1.807, 2.05) is 29.7 Å². The Morgan fingerprint density at radius 3 is 2.76 bits per heavy atom. The Bertz CT molecular complexity index is 638. The molecular formula is C15H19N3O2S. The molecule has 21 heavy (non-hydrogen) atoms. The number of thioether (sulfide) groups is 1. The summed E-state index contributed by atoms with van der Waals surface area (Å²) < 4.78 is 1.96. The predicted octanol–water partition coefficient (Wildman–Crippen LogP) is 2.95. The first-order chi connectivity index (χ1) is 9.97. The van der Waals surface area contributed by atoms with Crippen molar-refractivity contribution in [3.8, 4) is 5.69 Å². The molecule has 2 aromatic rings. The van der Waals surface area contributed by atoms with Crippen molar-refractivity contribution < 1.29 is 9.90 Å². The van der Waals surface area contributed by atoms with Crippen LogP contribution in [0.1, 0.15) is 25.2 Å². The van der Waals surface area contributed by atoms with Crippen LogP contribution in [0.5, 0.6) is 0 Å². The third-order valence-corrected chi connectivity index (χ3v) is 3.79. The number of nitrogens with zero attached hydrogens (tertiary/aromatic N) is 3. The van der Waals surface area contributed by atoms with Crippen molar-refractivity contribution >= 4 is 17.7 Å². The Hall–Kier alpha value is -1.82. The van der Waals surface area contributed by atoms with E-state index in [9.17, 15) is 4.79 Å². The Kier molecular flexibility index (Phi) is 5.01. The van der Waals surface area contributed by atoms with Gasteiger partial charge < -0.3 is 5.11 Å². The van der Waals surface area contributed by atoms with Gasteiger partial charge in [0.25, 0.3) is 0 Å². The number of benzene rings is 1. The lowest BCUT2D eigenvalue weighted by atomic mass is 10.1. The molecule has 0 radical (unpaired) electrons. The van der Waals surface area contributed by atoms with Crippen molar-refractivity contribution in [2.24, 2.45) is 5.92 Å². The predicted molar refractivity (Wildman–Crippen MR) is 83.0 cm³/mol. The van der Waals surface area contributed by atoms with Crippen LogP contribution >= 0.6 is 11.8 Å². The number of carbonyl (C=O) groups is 1. The maximum atomic E-state index is 10.8. The molecule has 5 nitrogen and oxygen atoms in total. The van der Waals surface area contributed by atoms with Gasteiger partial charge in [-0.15, -0.1) is 10.2 Å². The number of hydrogen-bond donors (Lipinski definition) is 1. The molecule has 1 aromatic carbocycles. The third kappa shape index (κ3) is 4.07. The summed E-state index contributed by atoms with van der Waals surface area (Å²) in [6.07, 6.45) is 0.800. The van der Waals surface area contributed by atoms with Crippen molar-refractivity contribution in [1.82, 2.24) is 14.8 Å². The highest BCUT2D eigenvalue weighted by atomic mass is 32.2. The van der Waals surface area contributed by atoms with Gasteiger partial charge in [0.2, 0.25) is 0 Å². The Morgan fingerprint density at radius 1 is 1.38 bits per heavy atom. The summed E-state index contributed by atoms with van der Waals surface area (Å²) in [7, 11) is 0. The summed E-state index contributed by atoms with van der Waals surface area (Å²) >= 11 is 1.19. The maximum absolute atomic E-state index is 10.8. The zero-order valence-electron chi connectivity index (χ0n) is 12.4. The first-order valence-corrected chi connectivity index (χ1v) is 7.82. The van der Waals surface area contributed by atoms with Gasteiger partial charge in [-0.25, -0.2) is 0 Å². The van der Waals surface area contributed by atoms with E-state index in [0.29, 0.717) is 11.1 Å². The van der Waals surface area contributed by atoms with Crippen molar-refractivity contribution in [2.45, 2.75) is 32.3 Å². The lowest BCUT2D eigenvalue weighted by molar-refractivity contribution is -0.133. The van der Waals surface area contributed by atoms with Crippen molar-refractivity contribution in [3.63, 3.8) is 0 Å². The molecule has 0 atom stereocenters. The molecule has 0 unspecified atom stereocenters. The van der Waals surface area contributed by atoms with Crippen LogP contribution in [0.2, 0.25) is 0 Å². The number of hydrogen-bond acceptors (Lipinski definition) is 4. The molecule has 2 rings (SSSR count). The molecule has 0 fully saturated rings. The van der Waals surface area contributed by atoms with Crippen LogP contribution < -0.4 is 0 Å². The van der Waals surface area contributed by atoms with E-state index in [2.05, 4.69) is 30.1 Å². The lowest BCUT2D eigenvalue weighted by Crippen LogP contribution is -2.07. The fourth-order valence-electron chi connectivity index (χ4n) is 2.04. The second kappa shape index (κ2) is 6.76. The second-order valence-electron chi connectivity index (χ2n) is 5.35. The highest BCUT2D eigenvalue weighted by Crippen LogP contribution is 2.23. The van der Waals surface area contributed by atoms with Gasteiger partial charge in [-0.3, -0.25) is 9.36 Å². The molecule has 0 amide bonds. The van der Waals surface area contributed by atoms with E-state index in [-0.39, 0.29) is 5.75 Å². The highest BCUT2D eigenvalue weighted by molar-refractivity contribution is 7.99. The molecule has 112 valence electrons. The zero-order valence-corrected chi connectivity index (χ0v) is 13.2. The average Bonchev–Trinajstić information content (AvgIpc) is 2.78. The SMILES string of the molecule is Cc1cccc(-n2c(CC(C)C)nnc2SCC(=O)O)c1. The molecule has 0 aliphatic heterocycles. The van der Waals surface area contributed by atoms with E-state index >= 15 is 0 Å². The van der Waals surface area contributed by atoms with E-state index in [1.54, 1.807) is 0 Å². The largest absolute Gasteiger partial charge is 0.481 e. The van der Waals surface area contributed by atoms with Gasteiger partial charge in [-0.05, 0) is 30.5 Å². The molecule has 0 aliphatic carbocycles. The van der Waals surface area contributed by atoms with E-state index < -0.39 is 5.97 Å². The topological polar surface area (TPSA) is 68.0 Å². The molecule has 0 spiro atoms. The van der Waals surface area contributed by atoms with E-state index in [1.165, 1.54) is 11.8 Å². The minimum atomic E-state index is -0.857. The quantitative estimate of drug-likeness (QED) is 0.831. The maximum Gasteiger partial charge on any atom is 0.313 e. The van der Waals surface area contributed by atoms with Gasteiger partial charge in [-0.2, -0.15) is 0 Å². The fourth-order valence-corrected chi connectivity index (χ4v) is 2.73. The van der Waals surface area contributed by atoms with Crippen LogP contribution in [0.15, 0.2) is 29.4 Å². The van der Waals surface area contributed by atoms with Gasteiger partial charge in [0.1, 0.15) is 5.82 Å². The number of rotatable bonds is 6. The van der Waals surface area contributed by atoms with Gasteiger partial charge in [-0.1, -0.05) is 37.7 Å². The second-order valence-corrected chi connectivity index (χ2v) is 6.30. The van der Waals surface area contributed by atoms with Crippen LogP contribution in [0.25, 0.3) is 5.69 Å². The molecule has 0 bridgehead atoms. The summed E-state index contributed by atoms with van der Waals surface area (Å²) in [6, 6.07) is 8.05. The first-order valence-electron chi connectivity index (χ1n) is 6.83. The summed E-state index contributed by atoms with van der Waals surface area (Å²) in [5.41, 5.74) is 2.12. The molecule has 1 aromatic heterocycles. The molecule has 1 N–H and O–H groups in total. The Morgan fingerprint density at radius 2 is 2.14 bits per heavy atom. The van der Waals surface area contributed by atoms with Crippen LogP contribution in [0, 0.1) is 12.8 Å². The van der Waals surface area contributed by atoms with Gasteiger partial charge in [0.15, 0.2) is 5.16 Å². The number of aliphatic carboxylic acids is 1. The minimum absolute atomic E-state index is 0.0222. The van der Waals surface area contributed by atoms with E-state index in [0.717, 1.165) is 23.5 Å². The normalized spacial score (nSPS) is 11.0. The van der Waals surface area contributed by atoms with Crippen LogP contribution in [0.4, 0.5) is 0 Å². The zero-order chi connectivity index (χ0) is 15.4. The highest BCUT2D eigenvalue weighted by Gasteiger charge is 2.16. The van der Waals surface area contributed by atoms with Crippen molar-refractivity contribution in [3.05, 3.63) is 35.7 Å². The summed E-state index contributed by atoms with van der Waals surface area (Å²) in [5.74, 6) is 0.439. The fraction of sp³-hybridized carbons (Fsp3) is 0.400. The molecule has 1 heterocycles. The van der Waals surface area contributed by atoms with Gasteiger partial charge in [0, 0.05) is 12.1 Å². The molecule has 6 heteroatoms. The van der Waals surface area contributed by atoms with Crippen molar-refractivity contribution in [2.75, 3.05) is 5.75 Å². The number of aryl methyl sites for hydroxylation is 1. The van der Waals surface area contributed by atoms with E-state index in [4.69, 9.17) is 5.11 Å². The summed E-state index contributed by atoms with van der Waals surface area (Å²) in [5, 5.41) is 17.9. The Balaban J connectivity index is 2.42. The van der Waals surface area contributed by atoms with Crippen LogP contribution in [-0.4, -0.2) is 31.6 Å². The van der Waals surface area contributed by atoms with Gasteiger partial charge in [0.05, 0.1) is 5.75 Å².